The Morgan fingerprint density at radius 1 is 0.524 bits per heavy atom. The van der Waals surface area contributed by atoms with E-state index < -0.39 is 11.9 Å². The van der Waals surface area contributed by atoms with Gasteiger partial charge in [0.15, 0.2) is 0 Å². The minimum Gasteiger partial charge on any atom is -0.478 e. The Kier molecular flexibility index (Phi) is 17.5. The number of benzene rings is 2. The van der Waals surface area contributed by atoms with E-state index in [1.807, 2.05) is 0 Å². The molecule has 0 aliphatic rings. The van der Waals surface area contributed by atoms with E-state index in [0.29, 0.717) is 22.3 Å². The van der Waals surface area contributed by atoms with Crippen LogP contribution in [-0.4, -0.2) is 22.2 Å². The Labute approximate surface area is 254 Å². The fraction of sp³-hybridized carbons (Fsp3) is 0.526. The second-order valence-electron chi connectivity index (χ2n) is 11.1. The molecule has 2 rings (SSSR count). The van der Waals surface area contributed by atoms with Gasteiger partial charge in [-0.15, -0.1) is 0 Å². The zero-order valence-electron chi connectivity index (χ0n) is 25.9. The van der Waals surface area contributed by atoms with E-state index in [9.17, 15) is 19.8 Å². The van der Waals surface area contributed by atoms with E-state index in [-0.39, 0.29) is 11.1 Å². The highest BCUT2D eigenvalue weighted by molar-refractivity contribution is 6.05. The van der Waals surface area contributed by atoms with Gasteiger partial charge in [-0.1, -0.05) is 140 Å². The monoisotopic (exact) mass is 570 g/mol. The summed E-state index contributed by atoms with van der Waals surface area (Å²) in [6, 6.07) is 9.92. The topological polar surface area (TPSA) is 74.6 Å². The average molecular weight is 571 g/mol. The van der Waals surface area contributed by atoms with Crippen LogP contribution in [0.15, 0.2) is 36.4 Å². The Hall–Kier alpha value is -3.50. The van der Waals surface area contributed by atoms with Gasteiger partial charge in [-0.2, -0.15) is 0 Å². The summed E-state index contributed by atoms with van der Waals surface area (Å²) in [5.74, 6) is 10.6. The van der Waals surface area contributed by atoms with Gasteiger partial charge < -0.3 is 10.2 Å². The third kappa shape index (κ3) is 12.6. The third-order valence-corrected chi connectivity index (χ3v) is 7.60. The summed E-state index contributed by atoms with van der Waals surface area (Å²) >= 11 is 0. The first kappa shape index (κ1) is 34.7. The van der Waals surface area contributed by atoms with Crippen molar-refractivity contribution in [2.24, 2.45) is 0 Å². The van der Waals surface area contributed by atoms with E-state index in [1.54, 1.807) is 24.3 Å². The molecule has 0 fully saturated rings. The lowest BCUT2D eigenvalue weighted by Crippen LogP contribution is -2.07. The van der Waals surface area contributed by atoms with Gasteiger partial charge >= 0.3 is 11.9 Å². The molecule has 0 aliphatic carbocycles. The standard InChI is InChI=1S/C38H50O4/c1-3-5-7-9-11-13-15-17-19-21-25-31-27-23-29-33(37(39)40)35(31)36-32(28-24-30-34(36)38(41)42)26-22-20-18-16-14-12-10-8-6-4-2/h23-24,27-30H,3-20H2,1-2H3,(H,39,40)(H,41,42). The minimum atomic E-state index is -1.12. The SMILES string of the molecule is CCCCCCCCCCC#Cc1cccc(C(=O)O)c1-c1c(C#CCCCCCCCCCC)cccc1C(=O)O. The number of unbranched alkanes of at least 4 members (excludes halogenated alkanes) is 16. The molecular weight excluding hydrogens is 520 g/mol. The van der Waals surface area contributed by atoms with Crippen LogP contribution >= 0.6 is 0 Å². The van der Waals surface area contributed by atoms with Gasteiger partial charge in [0, 0.05) is 35.1 Å². The Morgan fingerprint density at radius 2 is 0.857 bits per heavy atom. The Bertz CT molecular complexity index is 1140. The van der Waals surface area contributed by atoms with Crippen LogP contribution in [0.4, 0.5) is 0 Å². The molecule has 42 heavy (non-hydrogen) atoms. The van der Waals surface area contributed by atoms with Crippen LogP contribution < -0.4 is 0 Å². The van der Waals surface area contributed by atoms with Gasteiger partial charge in [0.2, 0.25) is 0 Å². The molecule has 0 radical (unpaired) electrons. The maximum Gasteiger partial charge on any atom is 0.336 e. The molecule has 0 saturated carbocycles. The maximum atomic E-state index is 12.3. The van der Waals surface area contributed by atoms with Gasteiger partial charge in [0.05, 0.1) is 11.1 Å². The molecule has 2 aromatic rings. The van der Waals surface area contributed by atoms with Gasteiger partial charge in [-0.25, -0.2) is 9.59 Å². The lowest BCUT2D eigenvalue weighted by Gasteiger charge is -2.14. The number of carboxylic acids is 2. The summed E-state index contributed by atoms with van der Waals surface area (Å²) < 4.78 is 0. The first-order valence-electron chi connectivity index (χ1n) is 16.2. The first-order valence-corrected chi connectivity index (χ1v) is 16.2. The van der Waals surface area contributed by atoms with Crippen molar-refractivity contribution < 1.29 is 19.8 Å². The second-order valence-corrected chi connectivity index (χ2v) is 11.1. The lowest BCUT2D eigenvalue weighted by molar-refractivity contribution is 0.0684. The third-order valence-electron chi connectivity index (χ3n) is 7.60. The van der Waals surface area contributed by atoms with Crippen molar-refractivity contribution in [1.82, 2.24) is 0 Å². The first-order chi connectivity index (χ1) is 20.5. The maximum absolute atomic E-state index is 12.3. The number of carboxylic acid groups (broad SMARTS) is 2. The molecule has 4 heteroatoms. The fourth-order valence-corrected chi connectivity index (χ4v) is 5.22. The van der Waals surface area contributed by atoms with Crippen LogP contribution in [-0.2, 0) is 0 Å². The van der Waals surface area contributed by atoms with Crippen LogP contribution in [0.1, 0.15) is 161 Å². The molecule has 2 aromatic carbocycles. The molecule has 4 nitrogen and oxygen atoms in total. The van der Waals surface area contributed by atoms with Crippen molar-refractivity contribution in [2.75, 3.05) is 0 Å². The largest absolute Gasteiger partial charge is 0.478 e. The summed E-state index contributed by atoms with van der Waals surface area (Å²) in [6.45, 7) is 4.45. The number of rotatable bonds is 19. The fourth-order valence-electron chi connectivity index (χ4n) is 5.22. The van der Waals surface area contributed by atoms with E-state index in [1.165, 1.54) is 89.2 Å². The molecule has 226 valence electrons. The van der Waals surface area contributed by atoms with Crippen molar-refractivity contribution in [1.29, 1.82) is 0 Å². The predicted octanol–water partition coefficient (Wildman–Crippen LogP) is 10.5. The zero-order chi connectivity index (χ0) is 30.4. The van der Waals surface area contributed by atoms with Crippen LogP contribution in [0, 0.1) is 23.7 Å². The average Bonchev–Trinajstić information content (AvgIpc) is 2.98. The molecule has 0 atom stereocenters. The second kappa shape index (κ2) is 21.2. The summed E-state index contributed by atoms with van der Waals surface area (Å²) in [5.41, 5.74) is 1.79. The van der Waals surface area contributed by atoms with Crippen molar-refractivity contribution in [2.45, 2.75) is 129 Å². The van der Waals surface area contributed by atoms with Crippen molar-refractivity contribution in [3.8, 4) is 34.8 Å². The van der Waals surface area contributed by atoms with Crippen LogP contribution in [0.3, 0.4) is 0 Å². The van der Waals surface area contributed by atoms with E-state index in [0.717, 1.165) is 38.5 Å². The van der Waals surface area contributed by atoms with Crippen LogP contribution in [0.2, 0.25) is 0 Å². The van der Waals surface area contributed by atoms with Gasteiger partial charge in [0.25, 0.3) is 0 Å². The lowest BCUT2D eigenvalue weighted by atomic mass is 9.87. The minimum absolute atomic E-state index is 0.0358. The van der Waals surface area contributed by atoms with E-state index in [2.05, 4.69) is 37.5 Å². The summed E-state index contributed by atoms with van der Waals surface area (Å²) in [7, 11) is 0. The highest BCUT2D eigenvalue weighted by Crippen LogP contribution is 2.34. The molecule has 0 aromatic heterocycles. The quantitative estimate of drug-likeness (QED) is 0.130. The van der Waals surface area contributed by atoms with Gasteiger partial charge in [-0.05, 0) is 37.1 Å². The zero-order valence-corrected chi connectivity index (χ0v) is 25.9. The molecule has 0 aliphatic heterocycles. The summed E-state index contributed by atoms with van der Waals surface area (Å²) in [4.78, 5) is 24.6. The van der Waals surface area contributed by atoms with Crippen molar-refractivity contribution in [3.63, 3.8) is 0 Å². The molecule has 0 unspecified atom stereocenters. The molecular formula is C38H50O4. The van der Waals surface area contributed by atoms with Gasteiger partial charge in [0.1, 0.15) is 0 Å². The Morgan fingerprint density at radius 3 is 1.19 bits per heavy atom. The van der Waals surface area contributed by atoms with Crippen LogP contribution in [0.5, 0.6) is 0 Å². The number of carbonyl (C=O) groups is 2. The number of aromatic carboxylic acids is 2. The Balaban J connectivity index is 2.22. The smallest absolute Gasteiger partial charge is 0.336 e. The molecule has 0 heterocycles. The van der Waals surface area contributed by atoms with Crippen LogP contribution in [0.25, 0.3) is 11.1 Å². The molecule has 0 amide bonds. The number of hydrogen-bond donors (Lipinski definition) is 2. The predicted molar refractivity (Wildman–Crippen MR) is 174 cm³/mol. The highest BCUT2D eigenvalue weighted by atomic mass is 16.4. The van der Waals surface area contributed by atoms with E-state index >= 15 is 0 Å². The molecule has 0 bridgehead atoms. The molecule has 0 spiro atoms. The van der Waals surface area contributed by atoms with Crippen molar-refractivity contribution in [3.05, 3.63) is 58.7 Å². The summed E-state index contributed by atoms with van der Waals surface area (Å²) in [6.07, 6.45) is 20.9. The van der Waals surface area contributed by atoms with Crippen molar-refractivity contribution >= 4 is 11.9 Å². The van der Waals surface area contributed by atoms with Gasteiger partial charge in [-0.3, -0.25) is 0 Å². The molecule has 2 N–H and O–H groups in total. The normalized spacial score (nSPS) is 10.4. The molecule has 0 saturated heterocycles. The summed E-state index contributed by atoms with van der Waals surface area (Å²) in [5, 5.41) is 20.1. The number of hydrogen-bond acceptors (Lipinski definition) is 2. The highest BCUT2D eigenvalue weighted by Gasteiger charge is 2.23. The van der Waals surface area contributed by atoms with E-state index in [4.69, 9.17) is 0 Å².